The van der Waals surface area contributed by atoms with Crippen molar-refractivity contribution in [2.75, 3.05) is 11.1 Å². The molecule has 19 heavy (non-hydrogen) atoms. The first kappa shape index (κ1) is 13.6. The highest BCUT2D eigenvalue weighted by molar-refractivity contribution is 8.01. The number of anilines is 1. The van der Waals surface area contributed by atoms with Crippen molar-refractivity contribution >= 4 is 34.1 Å². The predicted octanol–water partition coefficient (Wildman–Crippen LogP) is 2.73. The molecule has 0 aliphatic carbocycles. The van der Waals surface area contributed by atoms with E-state index in [-0.39, 0.29) is 5.91 Å². The molecule has 0 saturated heterocycles. The van der Waals surface area contributed by atoms with Gasteiger partial charge in [-0.25, -0.2) is 0 Å². The molecule has 0 unspecified atom stereocenters. The molecule has 0 saturated carbocycles. The molecule has 2 aromatic rings. The zero-order valence-electron chi connectivity index (χ0n) is 10.4. The van der Waals surface area contributed by atoms with Crippen LogP contribution in [0.5, 0.6) is 0 Å². The maximum atomic E-state index is 12.0. The summed E-state index contributed by atoms with van der Waals surface area (Å²) in [5, 5.41) is 11.0. The molecule has 1 N–H and O–H groups in total. The second kappa shape index (κ2) is 5.91. The van der Waals surface area contributed by atoms with Gasteiger partial charge < -0.3 is 4.42 Å². The smallest absolute Gasteiger partial charge is 0.261 e. The van der Waals surface area contributed by atoms with E-state index in [1.807, 2.05) is 0 Å². The quantitative estimate of drug-likeness (QED) is 0.533. The van der Waals surface area contributed by atoms with Gasteiger partial charge in [0.15, 0.2) is 4.34 Å². The van der Waals surface area contributed by atoms with Gasteiger partial charge in [-0.2, -0.15) is 0 Å². The summed E-state index contributed by atoms with van der Waals surface area (Å²) >= 11 is 2.70. The lowest BCUT2D eigenvalue weighted by molar-refractivity contribution is 0.102. The Balaban J connectivity index is 2.05. The van der Waals surface area contributed by atoms with E-state index in [0.29, 0.717) is 28.0 Å². The number of amides is 1. The van der Waals surface area contributed by atoms with Crippen LogP contribution in [0.2, 0.25) is 0 Å². The number of thioether (sulfide) groups is 1. The molecule has 0 fully saturated rings. The van der Waals surface area contributed by atoms with Crippen LogP contribution in [0.1, 0.15) is 21.9 Å². The van der Waals surface area contributed by atoms with E-state index in [1.54, 1.807) is 19.9 Å². The summed E-state index contributed by atoms with van der Waals surface area (Å²) in [7, 11) is 0. The van der Waals surface area contributed by atoms with E-state index < -0.39 is 0 Å². The van der Waals surface area contributed by atoms with Crippen LogP contribution in [0.4, 0.5) is 5.13 Å². The molecular formula is C12H11N3O2S2. The second-order valence-electron chi connectivity index (χ2n) is 3.65. The fourth-order valence-corrected chi connectivity index (χ4v) is 2.87. The van der Waals surface area contributed by atoms with Gasteiger partial charge in [-0.15, -0.1) is 16.6 Å². The Labute approximate surface area is 118 Å². The Morgan fingerprint density at radius 2 is 2.37 bits per heavy atom. The SMILES string of the molecule is C#CCSc1nnc(NC(=O)c2cc(C)oc2C)s1. The largest absolute Gasteiger partial charge is 0.466 e. The van der Waals surface area contributed by atoms with Gasteiger partial charge in [0.25, 0.3) is 5.91 Å². The van der Waals surface area contributed by atoms with Crippen LogP contribution in [-0.2, 0) is 0 Å². The number of terminal acetylenes is 1. The molecular weight excluding hydrogens is 282 g/mol. The highest BCUT2D eigenvalue weighted by Gasteiger charge is 2.15. The number of aryl methyl sites for hydroxylation is 2. The van der Waals surface area contributed by atoms with Crippen LogP contribution in [0.3, 0.4) is 0 Å². The highest BCUT2D eigenvalue weighted by Crippen LogP contribution is 2.25. The fraction of sp³-hybridized carbons (Fsp3) is 0.250. The Hall–Kier alpha value is -1.78. The third-order valence-electron chi connectivity index (χ3n) is 2.19. The molecule has 0 atom stereocenters. The normalized spacial score (nSPS) is 10.2. The van der Waals surface area contributed by atoms with Crippen molar-refractivity contribution in [1.82, 2.24) is 10.2 Å². The molecule has 2 heterocycles. The maximum Gasteiger partial charge on any atom is 0.261 e. The molecule has 0 aliphatic heterocycles. The van der Waals surface area contributed by atoms with Gasteiger partial charge in [0.1, 0.15) is 11.5 Å². The van der Waals surface area contributed by atoms with Crippen LogP contribution in [0.15, 0.2) is 14.8 Å². The molecule has 1 amide bonds. The van der Waals surface area contributed by atoms with Gasteiger partial charge in [0, 0.05) is 0 Å². The van der Waals surface area contributed by atoms with E-state index >= 15 is 0 Å². The van der Waals surface area contributed by atoms with Crippen molar-refractivity contribution < 1.29 is 9.21 Å². The second-order valence-corrected chi connectivity index (χ2v) is 5.85. The number of hydrogen-bond donors (Lipinski definition) is 1. The lowest BCUT2D eigenvalue weighted by atomic mass is 10.2. The number of aromatic nitrogens is 2. The van der Waals surface area contributed by atoms with Gasteiger partial charge in [-0.1, -0.05) is 29.0 Å². The Morgan fingerprint density at radius 1 is 1.58 bits per heavy atom. The summed E-state index contributed by atoms with van der Waals surface area (Å²) < 4.78 is 6.04. The number of nitrogens with zero attached hydrogens (tertiary/aromatic N) is 2. The van der Waals surface area contributed by atoms with E-state index in [4.69, 9.17) is 10.8 Å². The molecule has 0 spiro atoms. The van der Waals surface area contributed by atoms with E-state index in [2.05, 4.69) is 21.4 Å². The summed E-state index contributed by atoms with van der Waals surface area (Å²) in [5.74, 6) is 4.07. The highest BCUT2D eigenvalue weighted by atomic mass is 32.2. The molecule has 7 heteroatoms. The standard InChI is InChI=1S/C12H11N3O2S2/c1-4-5-18-12-15-14-11(19-12)13-10(16)9-6-7(2)17-8(9)3/h1,6H,5H2,2-3H3,(H,13,14,16). The number of nitrogens with one attached hydrogen (secondary N) is 1. The summed E-state index contributed by atoms with van der Waals surface area (Å²) in [6.07, 6.45) is 5.16. The van der Waals surface area contributed by atoms with E-state index in [0.717, 1.165) is 4.34 Å². The van der Waals surface area contributed by atoms with Gasteiger partial charge in [0.2, 0.25) is 5.13 Å². The predicted molar refractivity (Wildman–Crippen MR) is 75.6 cm³/mol. The minimum atomic E-state index is -0.251. The van der Waals surface area contributed by atoms with Crippen LogP contribution < -0.4 is 5.32 Å². The molecule has 0 aromatic carbocycles. The van der Waals surface area contributed by atoms with Crippen LogP contribution in [0, 0.1) is 26.2 Å². The van der Waals surface area contributed by atoms with Crippen molar-refractivity contribution in [2.24, 2.45) is 0 Å². The Kier molecular flexibility index (Phi) is 4.24. The molecule has 0 radical (unpaired) electrons. The van der Waals surface area contributed by atoms with E-state index in [9.17, 15) is 4.79 Å². The van der Waals surface area contributed by atoms with Crippen molar-refractivity contribution in [1.29, 1.82) is 0 Å². The van der Waals surface area contributed by atoms with Gasteiger partial charge in [0.05, 0.1) is 11.3 Å². The van der Waals surface area contributed by atoms with Crippen LogP contribution in [-0.4, -0.2) is 21.9 Å². The molecule has 0 aliphatic rings. The summed E-state index contributed by atoms with van der Waals surface area (Å²) in [5.41, 5.74) is 0.505. The van der Waals surface area contributed by atoms with E-state index in [1.165, 1.54) is 23.1 Å². The van der Waals surface area contributed by atoms with Crippen molar-refractivity contribution in [3.05, 3.63) is 23.2 Å². The monoisotopic (exact) mass is 293 g/mol. The molecule has 98 valence electrons. The van der Waals surface area contributed by atoms with Gasteiger partial charge >= 0.3 is 0 Å². The van der Waals surface area contributed by atoms with Crippen molar-refractivity contribution in [3.8, 4) is 12.3 Å². The molecule has 2 rings (SSSR count). The van der Waals surface area contributed by atoms with Crippen LogP contribution >= 0.6 is 23.1 Å². The Bertz CT molecular complexity index is 640. The van der Waals surface area contributed by atoms with Crippen molar-refractivity contribution in [2.45, 2.75) is 18.2 Å². The molecule has 2 aromatic heterocycles. The first-order valence-corrected chi connectivity index (χ1v) is 7.18. The third-order valence-corrected chi connectivity index (χ3v) is 4.07. The summed E-state index contributed by atoms with van der Waals surface area (Å²) in [6, 6.07) is 1.69. The minimum absolute atomic E-state index is 0.251. The number of carbonyl (C=O) groups is 1. The zero-order chi connectivity index (χ0) is 13.8. The summed E-state index contributed by atoms with van der Waals surface area (Å²) in [6.45, 7) is 3.54. The lowest BCUT2D eigenvalue weighted by Gasteiger charge is -1.98. The summed E-state index contributed by atoms with van der Waals surface area (Å²) in [4.78, 5) is 12.0. The fourth-order valence-electron chi connectivity index (χ4n) is 1.44. The topological polar surface area (TPSA) is 68.0 Å². The first-order valence-electron chi connectivity index (χ1n) is 5.38. The number of carbonyl (C=O) groups excluding carboxylic acids is 1. The zero-order valence-corrected chi connectivity index (χ0v) is 12.0. The average molecular weight is 293 g/mol. The van der Waals surface area contributed by atoms with Crippen molar-refractivity contribution in [3.63, 3.8) is 0 Å². The van der Waals surface area contributed by atoms with Gasteiger partial charge in [-0.05, 0) is 19.9 Å². The third kappa shape index (κ3) is 3.36. The lowest BCUT2D eigenvalue weighted by Crippen LogP contribution is -2.11. The average Bonchev–Trinajstić information content (AvgIpc) is 2.93. The maximum absolute atomic E-state index is 12.0. The minimum Gasteiger partial charge on any atom is -0.466 e. The van der Waals surface area contributed by atoms with Gasteiger partial charge in [-0.3, -0.25) is 10.1 Å². The number of furan rings is 1. The van der Waals surface area contributed by atoms with Crippen LogP contribution in [0.25, 0.3) is 0 Å². The molecule has 0 bridgehead atoms. The Morgan fingerprint density at radius 3 is 3.00 bits per heavy atom. The number of rotatable bonds is 4. The number of hydrogen-bond acceptors (Lipinski definition) is 6. The molecule has 5 nitrogen and oxygen atoms in total. The first-order chi connectivity index (χ1) is 9.10.